The van der Waals surface area contributed by atoms with Crippen molar-refractivity contribution < 1.29 is 13.9 Å². The van der Waals surface area contributed by atoms with Gasteiger partial charge in [0.25, 0.3) is 0 Å². The molecule has 3 rings (SSSR count). The second-order valence-electron chi connectivity index (χ2n) is 6.13. The van der Waals surface area contributed by atoms with Gasteiger partial charge in [-0.2, -0.15) is 0 Å². The minimum absolute atomic E-state index is 0.265. The highest BCUT2D eigenvalue weighted by molar-refractivity contribution is 6.31. The molecule has 0 unspecified atom stereocenters. The summed E-state index contributed by atoms with van der Waals surface area (Å²) in [6.07, 6.45) is 7.41. The van der Waals surface area contributed by atoms with Gasteiger partial charge >= 0.3 is 5.97 Å². The maximum absolute atomic E-state index is 12.2. The highest BCUT2D eigenvalue weighted by Gasteiger charge is 2.17. The van der Waals surface area contributed by atoms with Crippen molar-refractivity contribution in [3.05, 3.63) is 41.6 Å². The van der Waals surface area contributed by atoms with Gasteiger partial charge in [-0.3, -0.25) is 4.79 Å². The van der Waals surface area contributed by atoms with E-state index in [4.69, 9.17) is 20.8 Å². The summed E-state index contributed by atoms with van der Waals surface area (Å²) < 4.78 is 11.2. The highest BCUT2D eigenvalue weighted by atomic mass is 35.5. The van der Waals surface area contributed by atoms with Crippen LogP contribution in [0.3, 0.4) is 0 Å². The van der Waals surface area contributed by atoms with Crippen molar-refractivity contribution in [3.8, 4) is 17.2 Å². The third-order valence-electron chi connectivity index (χ3n) is 4.05. The molecule has 3 aromatic rings. The number of halogens is 1. The second kappa shape index (κ2) is 8.81. The molecule has 0 saturated carbocycles. The molecule has 2 aromatic heterocycles. The van der Waals surface area contributed by atoms with Crippen molar-refractivity contribution >= 4 is 28.8 Å². The van der Waals surface area contributed by atoms with E-state index >= 15 is 0 Å². The van der Waals surface area contributed by atoms with Crippen LogP contribution in [0.15, 0.2) is 40.9 Å². The van der Waals surface area contributed by atoms with Gasteiger partial charge in [0.2, 0.25) is 11.6 Å². The Morgan fingerprint density at radius 1 is 1.19 bits per heavy atom. The van der Waals surface area contributed by atoms with Crippen LogP contribution in [0.2, 0.25) is 5.02 Å². The van der Waals surface area contributed by atoms with E-state index in [0.717, 1.165) is 19.3 Å². The van der Waals surface area contributed by atoms with Crippen LogP contribution in [0, 0.1) is 0 Å². The van der Waals surface area contributed by atoms with Gasteiger partial charge < -0.3 is 9.15 Å². The van der Waals surface area contributed by atoms with Gasteiger partial charge in [0.1, 0.15) is 11.3 Å². The van der Waals surface area contributed by atoms with Crippen LogP contribution in [-0.4, -0.2) is 15.9 Å². The minimum atomic E-state index is -0.265. The molecule has 0 amide bonds. The molecular weight excluding hydrogens is 352 g/mol. The predicted octanol–water partition coefficient (Wildman–Crippen LogP) is 5.81. The number of esters is 1. The smallest absolute Gasteiger partial charge is 0.311 e. The summed E-state index contributed by atoms with van der Waals surface area (Å²) >= 11 is 6.11. The number of aromatic nitrogens is 2. The van der Waals surface area contributed by atoms with Gasteiger partial charge in [0, 0.05) is 17.6 Å². The number of ether oxygens (including phenoxy) is 1. The van der Waals surface area contributed by atoms with E-state index in [1.165, 1.54) is 12.8 Å². The number of rotatable bonds is 8. The lowest BCUT2D eigenvalue weighted by atomic mass is 10.1. The topological polar surface area (TPSA) is 65.2 Å². The summed E-state index contributed by atoms with van der Waals surface area (Å²) in [6.45, 7) is 2.16. The van der Waals surface area contributed by atoms with Gasteiger partial charge in [-0.05, 0) is 36.8 Å². The summed E-state index contributed by atoms with van der Waals surface area (Å²) in [5, 5.41) is 0.509. The zero-order valence-electron chi connectivity index (χ0n) is 14.7. The lowest BCUT2D eigenvalue weighted by molar-refractivity contribution is -0.134. The zero-order chi connectivity index (χ0) is 18.4. The molecule has 136 valence electrons. The van der Waals surface area contributed by atoms with Gasteiger partial charge in [0.15, 0.2) is 0 Å². The van der Waals surface area contributed by atoms with Crippen molar-refractivity contribution in [1.29, 1.82) is 0 Å². The Kier molecular flexibility index (Phi) is 6.23. The molecule has 1 aromatic carbocycles. The van der Waals surface area contributed by atoms with E-state index in [-0.39, 0.29) is 5.97 Å². The fraction of sp³-hybridized carbons (Fsp3) is 0.350. The number of oxazole rings is 1. The average Bonchev–Trinajstić information content (AvgIpc) is 3.07. The maximum atomic E-state index is 12.2. The van der Waals surface area contributed by atoms with Crippen LogP contribution >= 0.6 is 11.6 Å². The standard InChI is InChI=1S/C20H21ClN2O3/c1-2-3-4-5-6-9-18(24)25-17-11-10-14(21)13-15(17)19-23-16-8-7-12-22-20(16)26-19/h7-8,10-13H,2-6,9H2,1H3. The monoisotopic (exact) mass is 372 g/mol. The van der Waals surface area contributed by atoms with Crippen molar-refractivity contribution in [2.24, 2.45) is 0 Å². The van der Waals surface area contributed by atoms with E-state index in [0.29, 0.717) is 39.9 Å². The van der Waals surface area contributed by atoms with Gasteiger partial charge in [-0.1, -0.05) is 44.2 Å². The first-order valence-electron chi connectivity index (χ1n) is 8.89. The van der Waals surface area contributed by atoms with E-state index in [1.54, 1.807) is 30.5 Å². The summed E-state index contributed by atoms with van der Waals surface area (Å²) in [7, 11) is 0. The number of hydrogen-bond acceptors (Lipinski definition) is 5. The Hall–Kier alpha value is -2.40. The number of unbranched alkanes of at least 4 members (excludes halogenated alkanes) is 4. The molecule has 0 bridgehead atoms. The number of pyridine rings is 1. The molecule has 0 atom stereocenters. The third kappa shape index (κ3) is 4.61. The molecular formula is C20H21ClN2O3. The SMILES string of the molecule is CCCCCCCC(=O)Oc1ccc(Cl)cc1-c1nc2cccnc2o1. The Balaban J connectivity index is 1.75. The van der Waals surface area contributed by atoms with Gasteiger partial charge in [-0.25, -0.2) is 9.97 Å². The molecule has 6 heteroatoms. The Morgan fingerprint density at radius 3 is 2.85 bits per heavy atom. The molecule has 0 aliphatic heterocycles. The summed E-state index contributed by atoms with van der Waals surface area (Å²) in [5.74, 6) is 0.450. The van der Waals surface area contributed by atoms with Crippen LogP contribution in [0.4, 0.5) is 0 Å². The van der Waals surface area contributed by atoms with Crippen molar-refractivity contribution in [2.45, 2.75) is 45.4 Å². The summed E-state index contributed by atoms with van der Waals surface area (Å²) in [4.78, 5) is 20.7. The number of carbonyl (C=O) groups excluding carboxylic acids is 1. The molecule has 2 heterocycles. The van der Waals surface area contributed by atoms with E-state index in [9.17, 15) is 4.79 Å². The highest BCUT2D eigenvalue weighted by Crippen LogP contribution is 2.34. The van der Waals surface area contributed by atoms with Crippen LogP contribution in [0.1, 0.15) is 45.4 Å². The number of hydrogen-bond donors (Lipinski definition) is 0. The third-order valence-corrected chi connectivity index (χ3v) is 4.28. The predicted molar refractivity (Wildman–Crippen MR) is 101 cm³/mol. The quantitative estimate of drug-likeness (QED) is 0.283. The van der Waals surface area contributed by atoms with E-state index < -0.39 is 0 Å². The number of fused-ring (bicyclic) bond motifs is 1. The first-order chi connectivity index (χ1) is 12.7. The summed E-state index contributed by atoms with van der Waals surface area (Å²) in [6, 6.07) is 8.61. The molecule has 0 saturated heterocycles. The lowest BCUT2D eigenvalue weighted by Crippen LogP contribution is -2.08. The van der Waals surface area contributed by atoms with Gasteiger partial charge in [-0.15, -0.1) is 0 Å². The Morgan fingerprint density at radius 2 is 2.04 bits per heavy atom. The lowest BCUT2D eigenvalue weighted by Gasteiger charge is -2.08. The zero-order valence-corrected chi connectivity index (χ0v) is 15.5. The molecule has 0 aliphatic carbocycles. The molecule has 26 heavy (non-hydrogen) atoms. The minimum Gasteiger partial charge on any atom is -0.426 e. The largest absolute Gasteiger partial charge is 0.426 e. The van der Waals surface area contributed by atoms with E-state index in [1.807, 2.05) is 6.07 Å². The number of carbonyl (C=O) groups is 1. The normalized spacial score (nSPS) is 11.0. The molecule has 5 nitrogen and oxygen atoms in total. The fourth-order valence-corrected chi connectivity index (χ4v) is 2.86. The number of nitrogens with zero attached hydrogens (tertiary/aromatic N) is 2. The molecule has 0 N–H and O–H groups in total. The maximum Gasteiger partial charge on any atom is 0.311 e. The fourth-order valence-electron chi connectivity index (χ4n) is 2.69. The Labute approximate surface area is 157 Å². The molecule has 0 fully saturated rings. The van der Waals surface area contributed by atoms with Crippen LogP contribution < -0.4 is 4.74 Å². The second-order valence-corrected chi connectivity index (χ2v) is 6.56. The first kappa shape index (κ1) is 18.4. The van der Waals surface area contributed by atoms with Crippen molar-refractivity contribution in [1.82, 2.24) is 9.97 Å². The van der Waals surface area contributed by atoms with Crippen molar-refractivity contribution in [3.63, 3.8) is 0 Å². The average molecular weight is 373 g/mol. The Bertz CT molecular complexity index is 859. The van der Waals surface area contributed by atoms with Gasteiger partial charge in [0.05, 0.1) is 5.56 Å². The van der Waals surface area contributed by atoms with Crippen LogP contribution in [0.25, 0.3) is 22.7 Å². The van der Waals surface area contributed by atoms with Crippen LogP contribution in [-0.2, 0) is 4.79 Å². The molecule has 0 aliphatic rings. The molecule has 0 radical (unpaired) electrons. The van der Waals surface area contributed by atoms with Crippen molar-refractivity contribution in [2.75, 3.05) is 0 Å². The summed E-state index contributed by atoms with van der Waals surface area (Å²) in [5.41, 5.74) is 1.60. The first-order valence-corrected chi connectivity index (χ1v) is 9.27. The number of benzene rings is 1. The van der Waals surface area contributed by atoms with E-state index in [2.05, 4.69) is 16.9 Å². The van der Waals surface area contributed by atoms with Crippen LogP contribution in [0.5, 0.6) is 5.75 Å². The molecule has 0 spiro atoms.